The molecule has 170 valence electrons. The number of carbonyl (C=O) groups is 2. The summed E-state index contributed by atoms with van der Waals surface area (Å²) >= 11 is 13.5. The van der Waals surface area contributed by atoms with Crippen LogP contribution in [-0.2, 0) is 0 Å². The Morgan fingerprint density at radius 1 is 0.794 bits per heavy atom. The minimum atomic E-state index is 0.198. The first-order valence-corrected chi connectivity index (χ1v) is 10.7. The van der Waals surface area contributed by atoms with Gasteiger partial charge < -0.3 is 9.47 Å². The smallest absolute Gasteiger partial charge is 0.224 e. The standard InChI is InChI=1S/C25H17Cl2N3O4/c1-33-20-10-14(6-7-15(20)11-31)23-22(27)24(29-13-28-23)18-5-3-4-17(21(18)26)19-9-8-16(12-32)25(30-19)34-2/h3-13H,1-2H3. The van der Waals surface area contributed by atoms with Crippen LogP contribution in [0.3, 0.4) is 0 Å². The van der Waals surface area contributed by atoms with Gasteiger partial charge in [0.15, 0.2) is 12.6 Å². The molecule has 0 N–H and O–H groups in total. The molecule has 7 nitrogen and oxygen atoms in total. The number of carbonyl (C=O) groups excluding carboxylic acids is 2. The van der Waals surface area contributed by atoms with Gasteiger partial charge in [0.2, 0.25) is 5.88 Å². The van der Waals surface area contributed by atoms with Crippen LogP contribution in [0.1, 0.15) is 20.7 Å². The van der Waals surface area contributed by atoms with Crippen molar-refractivity contribution in [2.45, 2.75) is 0 Å². The van der Waals surface area contributed by atoms with Crippen LogP contribution in [0.2, 0.25) is 10.0 Å². The molecule has 0 amide bonds. The summed E-state index contributed by atoms with van der Waals surface area (Å²) in [5.41, 5.74) is 3.99. The number of ether oxygens (including phenoxy) is 2. The number of methoxy groups -OCH3 is 2. The Hall–Kier alpha value is -3.81. The normalized spacial score (nSPS) is 10.6. The molecule has 0 saturated heterocycles. The summed E-state index contributed by atoms with van der Waals surface area (Å²) < 4.78 is 10.5. The highest BCUT2D eigenvalue weighted by molar-refractivity contribution is 6.38. The molecule has 0 radical (unpaired) electrons. The third kappa shape index (κ3) is 4.23. The van der Waals surface area contributed by atoms with Crippen molar-refractivity contribution in [2.24, 2.45) is 0 Å². The predicted octanol–water partition coefficient (Wildman–Crippen LogP) is 5.82. The van der Waals surface area contributed by atoms with Crippen molar-refractivity contribution in [3.05, 3.63) is 76.0 Å². The third-order valence-electron chi connectivity index (χ3n) is 5.16. The number of rotatable bonds is 7. The molecule has 0 bridgehead atoms. The minimum Gasteiger partial charge on any atom is -0.496 e. The lowest BCUT2D eigenvalue weighted by molar-refractivity contribution is 0.111. The zero-order valence-electron chi connectivity index (χ0n) is 18.1. The predicted molar refractivity (Wildman–Crippen MR) is 130 cm³/mol. The number of benzene rings is 2. The first-order chi connectivity index (χ1) is 16.5. The topological polar surface area (TPSA) is 91.3 Å². The second kappa shape index (κ2) is 9.99. The molecule has 2 aromatic heterocycles. The molecule has 4 rings (SSSR count). The van der Waals surface area contributed by atoms with Gasteiger partial charge in [-0.25, -0.2) is 15.0 Å². The average Bonchev–Trinajstić information content (AvgIpc) is 2.88. The molecule has 0 aliphatic carbocycles. The van der Waals surface area contributed by atoms with E-state index < -0.39 is 0 Å². The van der Waals surface area contributed by atoms with Crippen LogP contribution in [0.15, 0.2) is 54.9 Å². The van der Waals surface area contributed by atoms with Gasteiger partial charge in [-0.15, -0.1) is 0 Å². The highest BCUT2D eigenvalue weighted by Crippen LogP contribution is 2.41. The number of hydrogen-bond donors (Lipinski definition) is 0. The van der Waals surface area contributed by atoms with Crippen LogP contribution in [0, 0.1) is 0 Å². The number of nitrogens with zero attached hydrogens (tertiary/aromatic N) is 3. The van der Waals surface area contributed by atoms with E-state index in [1.54, 1.807) is 48.5 Å². The van der Waals surface area contributed by atoms with Gasteiger partial charge in [-0.2, -0.15) is 0 Å². The van der Waals surface area contributed by atoms with E-state index in [9.17, 15) is 9.59 Å². The first kappa shape index (κ1) is 23.4. The fourth-order valence-electron chi connectivity index (χ4n) is 3.48. The van der Waals surface area contributed by atoms with Gasteiger partial charge in [-0.05, 0) is 24.3 Å². The molecule has 2 heterocycles. The summed E-state index contributed by atoms with van der Waals surface area (Å²) in [6.45, 7) is 0. The maximum atomic E-state index is 11.2. The largest absolute Gasteiger partial charge is 0.496 e. The van der Waals surface area contributed by atoms with Crippen LogP contribution in [0.5, 0.6) is 11.6 Å². The van der Waals surface area contributed by atoms with Crippen molar-refractivity contribution < 1.29 is 19.1 Å². The molecule has 0 aliphatic heterocycles. The highest BCUT2D eigenvalue weighted by Gasteiger charge is 2.19. The molecule has 0 fully saturated rings. The maximum Gasteiger partial charge on any atom is 0.224 e. The van der Waals surface area contributed by atoms with E-state index >= 15 is 0 Å². The van der Waals surface area contributed by atoms with E-state index in [0.717, 1.165) is 0 Å². The van der Waals surface area contributed by atoms with E-state index in [1.165, 1.54) is 20.5 Å². The van der Waals surface area contributed by atoms with Crippen molar-refractivity contribution in [3.63, 3.8) is 0 Å². The van der Waals surface area contributed by atoms with Crippen molar-refractivity contribution in [2.75, 3.05) is 14.2 Å². The zero-order valence-corrected chi connectivity index (χ0v) is 19.6. The van der Waals surface area contributed by atoms with Gasteiger partial charge in [-0.3, -0.25) is 9.59 Å². The summed E-state index contributed by atoms with van der Waals surface area (Å²) in [6.07, 6.45) is 2.78. The van der Waals surface area contributed by atoms with Crippen LogP contribution in [0.25, 0.3) is 33.8 Å². The molecule has 0 spiro atoms. The van der Waals surface area contributed by atoms with E-state index in [4.69, 9.17) is 32.7 Å². The Morgan fingerprint density at radius 2 is 1.50 bits per heavy atom. The quantitative estimate of drug-likeness (QED) is 0.299. The SMILES string of the molecule is COc1cc(-c2ncnc(-c3cccc(-c4ccc(C=O)c(OC)n4)c3Cl)c2Cl)ccc1C=O. The fraction of sp³-hybridized carbons (Fsp3) is 0.0800. The molecule has 4 aromatic rings. The van der Waals surface area contributed by atoms with Gasteiger partial charge in [0, 0.05) is 16.7 Å². The van der Waals surface area contributed by atoms with Crippen LogP contribution < -0.4 is 9.47 Å². The van der Waals surface area contributed by atoms with Crippen molar-refractivity contribution in [1.29, 1.82) is 0 Å². The van der Waals surface area contributed by atoms with Crippen LogP contribution in [0.4, 0.5) is 0 Å². The Kier molecular flexibility index (Phi) is 6.86. The summed E-state index contributed by atoms with van der Waals surface area (Å²) in [7, 11) is 2.92. The van der Waals surface area contributed by atoms with Gasteiger partial charge in [0.25, 0.3) is 0 Å². The maximum absolute atomic E-state index is 11.2. The van der Waals surface area contributed by atoms with E-state index in [0.29, 0.717) is 68.2 Å². The Bertz CT molecular complexity index is 1300. The van der Waals surface area contributed by atoms with Crippen molar-refractivity contribution >= 4 is 35.8 Å². The zero-order chi connectivity index (χ0) is 24.2. The summed E-state index contributed by atoms with van der Waals surface area (Å²) in [5, 5.41) is 0.653. The fourth-order valence-corrected chi connectivity index (χ4v) is 4.10. The van der Waals surface area contributed by atoms with E-state index in [-0.39, 0.29) is 10.9 Å². The molecule has 34 heavy (non-hydrogen) atoms. The number of aldehydes is 2. The summed E-state index contributed by atoms with van der Waals surface area (Å²) in [6, 6.07) is 13.7. The Morgan fingerprint density at radius 3 is 2.21 bits per heavy atom. The number of aromatic nitrogens is 3. The number of pyridine rings is 1. The van der Waals surface area contributed by atoms with E-state index in [2.05, 4.69) is 15.0 Å². The van der Waals surface area contributed by atoms with Crippen molar-refractivity contribution in [3.8, 4) is 45.4 Å². The molecule has 0 atom stereocenters. The molecule has 0 unspecified atom stereocenters. The lowest BCUT2D eigenvalue weighted by Gasteiger charge is -2.13. The number of hydrogen-bond acceptors (Lipinski definition) is 7. The molecular formula is C25H17Cl2N3O4. The average molecular weight is 494 g/mol. The molecular weight excluding hydrogens is 477 g/mol. The second-order valence-electron chi connectivity index (χ2n) is 7.04. The lowest BCUT2D eigenvalue weighted by atomic mass is 10.0. The van der Waals surface area contributed by atoms with Crippen LogP contribution in [-0.4, -0.2) is 41.7 Å². The highest BCUT2D eigenvalue weighted by atomic mass is 35.5. The molecule has 0 aliphatic rings. The Labute approximate surface area is 205 Å². The van der Waals surface area contributed by atoms with Crippen LogP contribution >= 0.6 is 23.2 Å². The summed E-state index contributed by atoms with van der Waals surface area (Å²) in [4.78, 5) is 35.5. The van der Waals surface area contributed by atoms with Gasteiger partial charge in [0.1, 0.15) is 12.1 Å². The molecule has 2 aromatic carbocycles. The van der Waals surface area contributed by atoms with Gasteiger partial charge in [-0.1, -0.05) is 47.5 Å². The monoisotopic (exact) mass is 493 g/mol. The van der Waals surface area contributed by atoms with E-state index in [1.807, 2.05) is 0 Å². The number of halogens is 2. The van der Waals surface area contributed by atoms with Gasteiger partial charge >= 0.3 is 0 Å². The third-order valence-corrected chi connectivity index (χ3v) is 5.93. The first-order valence-electron chi connectivity index (χ1n) is 9.96. The minimum absolute atomic E-state index is 0.198. The molecule has 0 saturated carbocycles. The lowest BCUT2D eigenvalue weighted by Crippen LogP contribution is -1.97. The van der Waals surface area contributed by atoms with Gasteiger partial charge in [0.05, 0.1) is 52.5 Å². The second-order valence-corrected chi connectivity index (χ2v) is 7.80. The summed E-state index contributed by atoms with van der Waals surface area (Å²) in [5.74, 6) is 0.603. The Balaban J connectivity index is 1.83. The molecule has 9 heteroatoms. The van der Waals surface area contributed by atoms with Crippen molar-refractivity contribution in [1.82, 2.24) is 15.0 Å².